The molecule has 0 unspecified atom stereocenters. The first-order valence-electron chi connectivity index (χ1n) is 6.84. The minimum Gasteiger partial charge on any atom is -0.376 e. The lowest BCUT2D eigenvalue weighted by Gasteiger charge is -2.11. The van der Waals surface area contributed by atoms with E-state index in [0.717, 1.165) is 23.9 Å². The summed E-state index contributed by atoms with van der Waals surface area (Å²) in [7, 11) is 0. The SMILES string of the molecule is Fc1cc2c(cc1Br)[nH]c(=S)n2CCOC1CCCC1. The Kier molecular flexibility index (Phi) is 4.23. The zero-order valence-corrected chi connectivity index (χ0v) is 13.4. The van der Waals surface area contributed by atoms with E-state index in [2.05, 4.69) is 20.9 Å². The summed E-state index contributed by atoms with van der Waals surface area (Å²) in [5, 5.41) is 0. The number of hydrogen-bond donors (Lipinski definition) is 1. The third-order valence-corrected chi connectivity index (χ3v) is 4.72. The fraction of sp³-hybridized carbons (Fsp3) is 0.500. The van der Waals surface area contributed by atoms with E-state index in [1.165, 1.54) is 18.9 Å². The fourth-order valence-corrected chi connectivity index (χ4v) is 3.38. The van der Waals surface area contributed by atoms with Crippen molar-refractivity contribution >= 4 is 39.2 Å². The molecule has 0 bridgehead atoms. The average molecular weight is 359 g/mol. The van der Waals surface area contributed by atoms with Crippen molar-refractivity contribution in [3.63, 3.8) is 0 Å². The number of rotatable bonds is 4. The van der Waals surface area contributed by atoms with E-state index in [4.69, 9.17) is 17.0 Å². The molecule has 3 rings (SSSR count). The molecule has 0 radical (unpaired) electrons. The van der Waals surface area contributed by atoms with Crippen LogP contribution in [0.1, 0.15) is 25.7 Å². The van der Waals surface area contributed by atoms with Gasteiger partial charge in [0.2, 0.25) is 0 Å². The van der Waals surface area contributed by atoms with Crippen LogP contribution in [0.4, 0.5) is 4.39 Å². The van der Waals surface area contributed by atoms with Crippen molar-refractivity contribution in [1.82, 2.24) is 9.55 Å². The van der Waals surface area contributed by atoms with Crippen LogP contribution in [0, 0.1) is 10.6 Å². The highest BCUT2D eigenvalue weighted by Crippen LogP contribution is 2.24. The summed E-state index contributed by atoms with van der Waals surface area (Å²) in [5.74, 6) is -0.281. The van der Waals surface area contributed by atoms with Crippen molar-refractivity contribution in [3.8, 4) is 0 Å². The van der Waals surface area contributed by atoms with Gasteiger partial charge in [-0.25, -0.2) is 4.39 Å². The molecule has 0 saturated heterocycles. The van der Waals surface area contributed by atoms with Crippen LogP contribution in [-0.2, 0) is 11.3 Å². The van der Waals surface area contributed by atoms with E-state index in [9.17, 15) is 4.39 Å². The number of aromatic nitrogens is 2. The summed E-state index contributed by atoms with van der Waals surface area (Å²) in [4.78, 5) is 3.10. The first-order chi connectivity index (χ1) is 9.65. The van der Waals surface area contributed by atoms with Gasteiger partial charge in [-0.15, -0.1) is 0 Å². The number of fused-ring (bicyclic) bond motifs is 1. The lowest BCUT2D eigenvalue weighted by Crippen LogP contribution is -2.13. The minimum absolute atomic E-state index is 0.281. The summed E-state index contributed by atoms with van der Waals surface area (Å²) < 4.78 is 22.5. The van der Waals surface area contributed by atoms with E-state index in [1.807, 2.05) is 4.57 Å². The second-order valence-corrected chi connectivity index (χ2v) is 6.38. The molecule has 1 aromatic heterocycles. The Bertz CT molecular complexity index is 676. The highest BCUT2D eigenvalue weighted by molar-refractivity contribution is 9.10. The van der Waals surface area contributed by atoms with E-state index in [-0.39, 0.29) is 5.82 Å². The molecule has 6 heteroatoms. The van der Waals surface area contributed by atoms with Gasteiger partial charge in [0.1, 0.15) is 5.82 Å². The van der Waals surface area contributed by atoms with Crippen molar-refractivity contribution in [2.75, 3.05) is 6.61 Å². The Morgan fingerprint density at radius 2 is 2.15 bits per heavy atom. The topological polar surface area (TPSA) is 29.9 Å². The van der Waals surface area contributed by atoms with Gasteiger partial charge in [-0.05, 0) is 47.1 Å². The molecule has 1 aliphatic carbocycles. The molecule has 1 aromatic carbocycles. The monoisotopic (exact) mass is 358 g/mol. The van der Waals surface area contributed by atoms with Crippen LogP contribution < -0.4 is 0 Å². The molecule has 0 amide bonds. The maximum atomic E-state index is 13.7. The van der Waals surface area contributed by atoms with Crippen LogP contribution in [0.15, 0.2) is 16.6 Å². The molecule has 1 aliphatic rings. The molecule has 2 aromatic rings. The normalized spacial score (nSPS) is 16.3. The van der Waals surface area contributed by atoms with Crippen molar-refractivity contribution in [1.29, 1.82) is 0 Å². The summed E-state index contributed by atoms with van der Waals surface area (Å²) in [6.07, 6.45) is 5.22. The molecular weight excluding hydrogens is 343 g/mol. The molecule has 3 nitrogen and oxygen atoms in total. The van der Waals surface area contributed by atoms with Gasteiger partial charge in [0.25, 0.3) is 0 Å². The van der Waals surface area contributed by atoms with E-state index in [0.29, 0.717) is 28.5 Å². The van der Waals surface area contributed by atoms with Gasteiger partial charge in [0.05, 0.1) is 28.2 Å². The molecule has 1 saturated carbocycles. The average Bonchev–Trinajstić information content (AvgIpc) is 3.01. The van der Waals surface area contributed by atoms with E-state index < -0.39 is 0 Å². The first kappa shape index (κ1) is 14.2. The number of hydrogen-bond acceptors (Lipinski definition) is 2. The van der Waals surface area contributed by atoms with Crippen LogP contribution >= 0.6 is 28.1 Å². The number of imidazole rings is 1. The zero-order valence-electron chi connectivity index (χ0n) is 11.0. The van der Waals surface area contributed by atoms with Crippen molar-refractivity contribution < 1.29 is 9.13 Å². The fourth-order valence-electron chi connectivity index (χ4n) is 2.74. The van der Waals surface area contributed by atoms with Gasteiger partial charge in [0.15, 0.2) is 4.77 Å². The molecule has 108 valence electrons. The van der Waals surface area contributed by atoms with E-state index in [1.54, 1.807) is 6.07 Å². The molecule has 1 N–H and O–H groups in total. The van der Waals surface area contributed by atoms with Crippen LogP contribution in [0.2, 0.25) is 0 Å². The van der Waals surface area contributed by atoms with Crippen LogP contribution in [0.5, 0.6) is 0 Å². The second-order valence-electron chi connectivity index (χ2n) is 5.14. The maximum absolute atomic E-state index is 13.7. The highest BCUT2D eigenvalue weighted by atomic mass is 79.9. The van der Waals surface area contributed by atoms with Crippen LogP contribution in [0.3, 0.4) is 0 Å². The van der Waals surface area contributed by atoms with Crippen molar-refractivity contribution in [2.24, 2.45) is 0 Å². The highest BCUT2D eigenvalue weighted by Gasteiger charge is 2.15. The molecular formula is C14H16BrFN2OS. The third-order valence-electron chi connectivity index (χ3n) is 3.79. The van der Waals surface area contributed by atoms with Crippen molar-refractivity contribution in [3.05, 3.63) is 27.2 Å². The van der Waals surface area contributed by atoms with Gasteiger partial charge in [-0.2, -0.15) is 0 Å². The summed E-state index contributed by atoms with van der Waals surface area (Å²) >= 11 is 8.49. The molecule has 0 spiro atoms. The lowest BCUT2D eigenvalue weighted by molar-refractivity contribution is 0.0533. The first-order valence-corrected chi connectivity index (χ1v) is 8.04. The van der Waals surface area contributed by atoms with Gasteiger partial charge >= 0.3 is 0 Å². The number of nitrogens with one attached hydrogen (secondary N) is 1. The van der Waals surface area contributed by atoms with Gasteiger partial charge in [-0.3, -0.25) is 0 Å². The number of benzene rings is 1. The molecule has 1 heterocycles. The number of halogens is 2. The number of aromatic amines is 1. The lowest BCUT2D eigenvalue weighted by atomic mass is 10.3. The molecule has 0 atom stereocenters. The number of H-pyrrole nitrogens is 1. The van der Waals surface area contributed by atoms with Crippen LogP contribution in [-0.4, -0.2) is 22.3 Å². The number of nitrogens with zero attached hydrogens (tertiary/aromatic N) is 1. The Morgan fingerprint density at radius 3 is 2.90 bits per heavy atom. The standard InChI is InChI=1S/C14H16BrFN2OS/c15-10-7-12-13(8-11(10)16)18(14(20)17-12)5-6-19-9-3-1-2-4-9/h7-9H,1-6H2,(H,17,20). The summed E-state index contributed by atoms with van der Waals surface area (Å²) in [5.41, 5.74) is 1.62. The Labute approximate surface area is 130 Å². The smallest absolute Gasteiger partial charge is 0.178 e. The van der Waals surface area contributed by atoms with Crippen LogP contribution in [0.25, 0.3) is 11.0 Å². The van der Waals surface area contributed by atoms with Gasteiger partial charge < -0.3 is 14.3 Å². The van der Waals surface area contributed by atoms with Gasteiger partial charge in [0, 0.05) is 12.6 Å². The Balaban J connectivity index is 1.78. The molecule has 1 fully saturated rings. The van der Waals surface area contributed by atoms with Crippen molar-refractivity contribution in [2.45, 2.75) is 38.3 Å². The Morgan fingerprint density at radius 1 is 1.40 bits per heavy atom. The quantitative estimate of drug-likeness (QED) is 0.811. The van der Waals surface area contributed by atoms with E-state index >= 15 is 0 Å². The largest absolute Gasteiger partial charge is 0.376 e. The van der Waals surface area contributed by atoms with Gasteiger partial charge in [-0.1, -0.05) is 12.8 Å². The maximum Gasteiger partial charge on any atom is 0.178 e. The molecule has 0 aliphatic heterocycles. The summed E-state index contributed by atoms with van der Waals surface area (Å²) in [6.45, 7) is 1.26. The predicted octanol–water partition coefficient (Wildman–Crippen LogP) is 4.56. The second kappa shape index (κ2) is 5.95. The predicted molar refractivity (Wildman–Crippen MR) is 83.0 cm³/mol. The molecule has 20 heavy (non-hydrogen) atoms. The third kappa shape index (κ3) is 2.82. The summed E-state index contributed by atoms with van der Waals surface area (Å²) in [6, 6.07) is 3.22. The minimum atomic E-state index is -0.281. The number of ether oxygens (including phenoxy) is 1. The zero-order chi connectivity index (χ0) is 14.1. The Hall–Kier alpha value is -0.720.